The lowest BCUT2D eigenvalue weighted by Gasteiger charge is -2.06. The Balaban J connectivity index is 2.53. The van der Waals surface area contributed by atoms with Gasteiger partial charge in [0.2, 0.25) is 0 Å². The molecule has 0 saturated heterocycles. The molecule has 0 atom stereocenters. The lowest BCUT2D eigenvalue weighted by Crippen LogP contribution is -2.23. The lowest BCUT2D eigenvalue weighted by molar-refractivity contribution is 0.0960. The highest BCUT2D eigenvalue weighted by Gasteiger charge is 2.10. The average Bonchev–Trinajstić information content (AvgIpc) is 2.34. The van der Waals surface area contributed by atoms with Gasteiger partial charge in [-0.25, -0.2) is 0 Å². The number of hydrogen-bond donors (Lipinski definition) is 1. The zero-order chi connectivity index (χ0) is 12.3. The van der Waals surface area contributed by atoms with Gasteiger partial charge in [-0.1, -0.05) is 40.2 Å². The quantitative estimate of drug-likeness (QED) is 0.864. The Morgan fingerprint density at radius 1 is 1.35 bits per heavy atom. The van der Waals surface area contributed by atoms with Crippen LogP contribution < -0.4 is 5.32 Å². The lowest BCUT2D eigenvalue weighted by atomic mass is 10.0. The van der Waals surface area contributed by atoms with Crippen LogP contribution in [0.1, 0.15) is 10.4 Å². The summed E-state index contributed by atoms with van der Waals surface area (Å²) in [5.41, 5.74) is 0.574. The minimum atomic E-state index is -0.232. The van der Waals surface area contributed by atoms with E-state index >= 15 is 0 Å². The van der Waals surface area contributed by atoms with Gasteiger partial charge < -0.3 is 5.32 Å². The normalized spacial score (nSPS) is 9.88. The number of nitriles is 1. The van der Waals surface area contributed by atoms with E-state index in [-0.39, 0.29) is 12.5 Å². The number of carbonyl (C=O) groups is 1. The Kier molecular flexibility index (Phi) is 3.40. The molecule has 2 aromatic rings. The fraction of sp³-hybridized carbons (Fsp3) is 0.0769. The van der Waals surface area contributed by atoms with Crippen LogP contribution in [-0.4, -0.2) is 12.5 Å². The summed E-state index contributed by atoms with van der Waals surface area (Å²) in [6.07, 6.45) is 0. The van der Waals surface area contributed by atoms with Crippen molar-refractivity contribution in [2.75, 3.05) is 6.54 Å². The number of carbonyl (C=O) groups excluding carboxylic acids is 1. The molecule has 0 fully saturated rings. The molecule has 0 aliphatic heterocycles. The monoisotopic (exact) mass is 288 g/mol. The van der Waals surface area contributed by atoms with Gasteiger partial charge in [0, 0.05) is 10.0 Å². The Morgan fingerprint density at radius 2 is 2.12 bits per heavy atom. The first-order valence-corrected chi connectivity index (χ1v) is 5.85. The molecule has 0 heterocycles. The number of nitrogens with zero attached hydrogens (tertiary/aromatic N) is 1. The summed E-state index contributed by atoms with van der Waals surface area (Å²) in [4.78, 5) is 11.9. The number of halogens is 1. The van der Waals surface area contributed by atoms with E-state index in [2.05, 4.69) is 21.2 Å². The third-order valence-electron chi connectivity index (χ3n) is 2.40. The van der Waals surface area contributed by atoms with Gasteiger partial charge >= 0.3 is 0 Å². The maximum absolute atomic E-state index is 11.9. The summed E-state index contributed by atoms with van der Waals surface area (Å²) in [5.74, 6) is -0.232. The van der Waals surface area contributed by atoms with Gasteiger partial charge in [0.1, 0.15) is 6.54 Å². The molecule has 0 unspecified atom stereocenters. The van der Waals surface area contributed by atoms with Crippen LogP contribution in [0.25, 0.3) is 10.8 Å². The van der Waals surface area contributed by atoms with E-state index in [1.54, 1.807) is 6.07 Å². The van der Waals surface area contributed by atoms with Crippen LogP contribution in [0.5, 0.6) is 0 Å². The fourth-order valence-electron chi connectivity index (χ4n) is 1.68. The highest BCUT2D eigenvalue weighted by atomic mass is 79.9. The topological polar surface area (TPSA) is 52.9 Å². The van der Waals surface area contributed by atoms with Crippen LogP contribution in [-0.2, 0) is 0 Å². The van der Waals surface area contributed by atoms with Crippen LogP contribution in [0.2, 0.25) is 0 Å². The highest BCUT2D eigenvalue weighted by Crippen LogP contribution is 2.24. The first-order chi connectivity index (χ1) is 8.22. The van der Waals surface area contributed by atoms with E-state index < -0.39 is 0 Å². The molecule has 0 bridgehead atoms. The molecule has 2 rings (SSSR count). The molecule has 3 nitrogen and oxygen atoms in total. The van der Waals surface area contributed by atoms with Crippen molar-refractivity contribution in [3.05, 3.63) is 46.4 Å². The van der Waals surface area contributed by atoms with Crippen molar-refractivity contribution in [3.8, 4) is 6.07 Å². The zero-order valence-electron chi connectivity index (χ0n) is 8.90. The van der Waals surface area contributed by atoms with Gasteiger partial charge in [0.25, 0.3) is 5.91 Å². The van der Waals surface area contributed by atoms with Crippen molar-refractivity contribution in [2.45, 2.75) is 0 Å². The molecular weight excluding hydrogens is 280 g/mol. The van der Waals surface area contributed by atoms with Crippen LogP contribution in [0.4, 0.5) is 0 Å². The number of fused-ring (bicyclic) bond motifs is 1. The molecule has 2 aromatic carbocycles. The van der Waals surface area contributed by atoms with E-state index in [0.717, 1.165) is 15.2 Å². The molecule has 84 valence electrons. The fourth-order valence-corrected chi connectivity index (χ4v) is 2.15. The second-order valence-electron chi connectivity index (χ2n) is 3.52. The molecule has 1 amide bonds. The van der Waals surface area contributed by atoms with Crippen molar-refractivity contribution in [2.24, 2.45) is 0 Å². The number of nitrogens with one attached hydrogen (secondary N) is 1. The van der Waals surface area contributed by atoms with Crippen molar-refractivity contribution < 1.29 is 4.79 Å². The molecule has 0 spiro atoms. The molecule has 1 N–H and O–H groups in total. The molecule has 17 heavy (non-hydrogen) atoms. The van der Waals surface area contributed by atoms with E-state index in [1.165, 1.54) is 0 Å². The minimum absolute atomic E-state index is 0.0136. The Morgan fingerprint density at radius 3 is 2.88 bits per heavy atom. The van der Waals surface area contributed by atoms with Gasteiger partial charge in [0.05, 0.1) is 6.07 Å². The number of amides is 1. The third kappa shape index (κ3) is 2.45. The van der Waals surface area contributed by atoms with Gasteiger partial charge in [-0.2, -0.15) is 5.26 Å². The summed E-state index contributed by atoms with van der Waals surface area (Å²) in [7, 11) is 0. The Bertz CT molecular complexity index is 616. The van der Waals surface area contributed by atoms with E-state index in [4.69, 9.17) is 5.26 Å². The second kappa shape index (κ2) is 4.98. The summed E-state index contributed by atoms with van der Waals surface area (Å²) in [6, 6.07) is 13.2. The predicted molar refractivity (Wildman–Crippen MR) is 69.6 cm³/mol. The molecule has 0 aliphatic carbocycles. The summed E-state index contributed by atoms with van der Waals surface area (Å²) in [5, 5.41) is 12.9. The maximum Gasteiger partial charge on any atom is 0.252 e. The van der Waals surface area contributed by atoms with Crippen molar-refractivity contribution in [3.63, 3.8) is 0 Å². The largest absolute Gasteiger partial charge is 0.339 e. The number of hydrogen-bond acceptors (Lipinski definition) is 2. The Labute approximate surface area is 107 Å². The molecule has 4 heteroatoms. The number of rotatable bonds is 2. The molecule has 0 radical (unpaired) electrons. The van der Waals surface area contributed by atoms with Crippen molar-refractivity contribution >= 4 is 32.6 Å². The molecule has 0 saturated carbocycles. The predicted octanol–water partition coefficient (Wildman–Crippen LogP) is 2.86. The van der Waals surface area contributed by atoms with Gasteiger partial charge in [-0.3, -0.25) is 4.79 Å². The average molecular weight is 289 g/mol. The van der Waals surface area contributed by atoms with Crippen LogP contribution in [0, 0.1) is 11.3 Å². The second-order valence-corrected chi connectivity index (χ2v) is 4.43. The molecule has 0 aliphatic rings. The molecular formula is C13H9BrN2O. The van der Waals surface area contributed by atoms with E-state index in [1.807, 2.05) is 36.4 Å². The van der Waals surface area contributed by atoms with Crippen LogP contribution in [0.15, 0.2) is 40.9 Å². The van der Waals surface area contributed by atoms with Crippen molar-refractivity contribution in [1.29, 1.82) is 5.26 Å². The Hall–Kier alpha value is -1.86. The first kappa shape index (κ1) is 11.6. The van der Waals surface area contributed by atoms with Crippen LogP contribution in [0.3, 0.4) is 0 Å². The third-order valence-corrected chi connectivity index (χ3v) is 2.86. The van der Waals surface area contributed by atoms with Gasteiger partial charge in [-0.05, 0) is 22.9 Å². The first-order valence-electron chi connectivity index (χ1n) is 5.06. The summed E-state index contributed by atoms with van der Waals surface area (Å²) >= 11 is 3.37. The molecule has 0 aromatic heterocycles. The van der Waals surface area contributed by atoms with Gasteiger partial charge in [-0.15, -0.1) is 0 Å². The van der Waals surface area contributed by atoms with Crippen LogP contribution >= 0.6 is 15.9 Å². The minimum Gasteiger partial charge on any atom is -0.339 e. The maximum atomic E-state index is 11.9. The summed E-state index contributed by atoms with van der Waals surface area (Å²) in [6.45, 7) is 0.0136. The highest BCUT2D eigenvalue weighted by molar-refractivity contribution is 9.10. The zero-order valence-corrected chi connectivity index (χ0v) is 10.5. The van der Waals surface area contributed by atoms with Gasteiger partial charge in [0.15, 0.2) is 0 Å². The standard InChI is InChI=1S/C13H9BrN2O/c14-10-7-9-3-1-2-4-11(9)12(8-10)13(17)16-6-5-15/h1-4,7-8H,6H2,(H,16,17). The number of benzene rings is 2. The van der Waals surface area contributed by atoms with Crippen molar-refractivity contribution in [1.82, 2.24) is 5.32 Å². The SMILES string of the molecule is N#CCNC(=O)c1cc(Br)cc2ccccc12. The smallest absolute Gasteiger partial charge is 0.252 e. The van der Waals surface area contributed by atoms with E-state index in [0.29, 0.717) is 5.56 Å². The van der Waals surface area contributed by atoms with E-state index in [9.17, 15) is 4.79 Å². The summed E-state index contributed by atoms with van der Waals surface area (Å²) < 4.78 is 0.846.